The third kappa shape index (κ3) is 4.43. The summed E-state index contributed by atoms with van der Waals surface area (Å²) in [5.74, 6) is 0. The predicted octanol–water partition coefficient (Wildman–Crippen LogP) is 2.86. The van der Waals surface area contributed by atoms with Gasteiger partial charge in [0.05, 0.1) is 0 Å². The van der Waals surface area contributed by atoms with E-state index in [4.69, 9.17) is 0 Å². The number of rotatable bonds is 5. The lowest BCUT2D eigenvalue weighted by atomic mass is 10.0. The molecule has 0 amide bonds. The van der Waals surface area contributed by atoms with Crippen LogP contribution in [0.4, 0.5) is 0 Å². The second kappa shape index (κ2) is 7.43. The van der Waals surface area contributed by atoms with Gasteiger partial charge in [-0.15, -0.1) is 0 Å². The molecule has 1 N–H and O–H groups in total. The van der Waals surface area contributed by atoms with Gasteiger partial charge in [0.25, 0.3) is 0 Å². The molecule has 3 rings (SSSR count). The van der Waals surface area contributed by atoms with Gasteiger partial charge in [-0.25, -0.2) is 0 Å². The minimum atomic E-state index is 0.720. The summed E-state index contributed by atoms with van der Waals surface area (Å²) in [4.78, 5) is 5.59. The van der Waals surface area contributed by atoms with Crippen molar-refractivity contribution in [3.63, 3.8) is 0 Å². The molecule has 0 spiro atoms. The van der Waals surface area contributed by atoms with E-state index < -0.39 is 0 Å². The molecule has 3 heteroatoms. The fraction of sp³-hybridized carbons (Fsp3) is 1.00. The van der Waals surface area contributed by atoms with Crippen LogP contribution in [-0.4, -0.2) is 60.1 Å². The molecule has 2 aliphatic heterocycles. The lowest BCUT2D eigenvalue weighted by molar-refractivity contribution is 0.140. The van der Waals surface area contributed by atoms with Gasteiger partial charge in [-0.3, -0.25) is 4.90 Å². The lowest BCUT2D eigenvalue weighted by Crippen LogP contribution is -2.48. The van der Waals surface area contributed by atoms with Crippen LogP contribution in [0.25, 0.3) is 0 Å². The first-order valence-electron chi connectivity index (χ1n) is 9.47. The minimum Gasteiger partial charge on any atom is -0.313 e. The molecule has 1 saturated carbocycles. The Morgan fingerprint density at radius 2 is 1.76 bits per heavy atom. The van der Waals surface area contributed by atoms with Crippen LogP contribution in [0.1, 0.15) is 65.2 Å². The molecule has 122 valence electrons. The highest BCUT2D eigenvalue weighted by atomic mass is 15.2. The number of nitrogens with zero attached hydrogens (tertiary/aromatic N) is 2. The molecule has 1 aliphatic carbocycles. The van der Waals surface area contributed by atoms with Crippen LogP contribution in [-0.2, 0) is 0 Å². The summed E-state index contributed by atoms with van der Waals surface area (Å²) in [7, 11) is 0. The molecule has 0 bridgehead atoms. The summed E-state index contributed by atoms with van der Waals surface area (Å²) >= 11 is 0. The second-order valence-corrected chi connectivity index (χ2v) is 7.79. The molecule has 2 unspecified atom stereocenters. The number of hydrogen-bond acceptors (Lipinski definition) is 3. The third-order valence-electron chi connectivity index (χ3n) is 5.79. The summed E-state index contributed by atoms with van der Waals surface area (Å²) < 4.78 is 0. The second-order valence-electron chi connectivity index (χ2n) is 7.79. The van der Waals surface area contributed by atoms with Crippen molar-refractivity contribution in [2.24, 2.45) is 0 Å². The normalized spacial score (nSPS) is 32.6. The summed E-state index contributed by atoms with van der Waals surface area (Å²) in [6.07, 6.45) is 11.3. The van der Waals surface area contributed by atoms with E-state index >= 15 is 0 Å². The van der Waals surface area contributed by atoms with Gasteiger partial charge < -0.3 is 10.2 Å². The number of nitrogens with one attached hydrogen (secondary N) is 1. The highest BCUT2D eigenvalue weighted by molar-refractivity contribution is 4.92. The average Bonchev–Trinajstić information content (AvgIpc) is 3.32. The monoisotopic (exact) mass is 293 g/mol. The van der Waals surface area contributed by atoms with Crippen LogP contribution in [0.5, 0.6) is 0 Å². The topological polar surface area (TPSA) is 18.5 Å². The zero-order chi connectivity index (χ0) is 14.7. The minimum absolute atomic E-state index is 0.720. The summed E-state index contributed by atoms with van der Waals surface area (Å²) in [5.41, 5.74) is 0. The maximum Gasteiger partial charge on any atom is 0.0195 e. The first-order valence-corrected chi connectivity index (χ1v) is 9.47. The van der Waals surface area contributed by atoms with E-state index in [0.717, 1.165) is 24.2 Å². The molecule has 0 radical (unpaired) electrons. The SMILES string of the molecule is CC(C)N1CCCC(N(CC2CCCCN2)C2CC2)CC1. The molecule has 0 aromatic heterocycles. The molecule has 0 aromatic carbocycles. The van der Waals surface area contributed by atoms with Gasteiger partial charge in [-0.05, 0) is 78.4 Å². The zero-order valence-electron chi connectivity index (χ0n) is 14.2. The standard InChI is InChI=1S/C18H35N3/c1-15(2)20-12-5-7-17(10-13-20)21(18-8-9-18)14-16-6-3-4-11-19-16/h15-19H,3-14H2,1-2H3. The largest absolute Gasteiger partial charge is 0.313 e. The number of likely N-dealkylation sites (tertiary alicyclic amines) is 1. The van der Waals surface area contributed by atoms with E-state index in [-0.39, 0.29) is 0 Å². The Balaban J connectivity index is 1.55. The molecule has 0 aromatic rings. The van der Waals surface area contributed by atoms with Crippen molar-refractivity contribution < 1.29 is 0 Å². The molecular weight excluding hydrogens is 258 g/mol. The quantitative estimate of drug-likeness (QED) is 0.841. The van der Waals surface area contributed by atoms with Crippen LogP contribution < -0.4 is 5.32 Å². The Morgan fingerprint density at radius 1 is 0.952 bits per heavy atom. The van der Waals surface area contributed by atoms with Crippen LogP contribution in [0.2, 0.25) is 0 Å². The molecule has 3 aliphatic rings. The predicted molar refractivity (Wildman–Crippen MR) is 89.7 cm³/mol. The van der Waals surface area contributed by atoms with E-state index in [2.05, 4.69) is 29.0 Å². The first kappa shape index (κ1) is 15.8. The van der Waals surface area contributed by atoms with Gasteiger partial charge in [0.15, 0.2) is 0 Å². The number of piperidine rings is 1. The third-order valence-corrected chi connectivity index (χ3v) is 5.79. The highest BCUT2D eigenvalue weighted by Gasteiger charge is 2.36. The van der Waals surface area contributed by atoms with Crippen LogP contribution in [0.3, 0.4) is 0 Å². The molecule has 2 atom stereocenters. The molecule has 3 nitrogen and oxygen atoms in total. The lowest BCUT2D eigenvalue weighted by Gasteiger charge is -2.36. The van der Waals surface area contributed by atoms with Crippen molar-refractivity contribution in [3.05, 3.63) is 0 Å². The zero-order valence-corrected chi connectivity index (χ0v) is 14.2. The van der Waals surface area contributed by atoms with Gasteiger partial charge in [0, 0.05) is 30.7 Å². The van der Waals surface area contributed by atoms with E-state index in [0.29, 0.717) is 0 Å². The molecular formula is C18H35N3. The van der Waals surface area contributed by atoms with Crippen molar-refractivity contribution in [2.75, 3.05) is 26.2 Å². The fourth-order valence-corrected chi connectivity index (χ4v) is 4.29. The summed E-state index contributed by atoms with van der Waals surface area (Å²) in [5, 5.41) is 3.76. The van der Waals surface area contributed by atoms with Crippen LogP contribution >= 0.6 is 0 Å². The Hall–Kier alpha value is -0.120. The van der Waals surface area contributed by atoms with Crippen molar-refractivity contribution in [3.8, 4) is 0 Å². The van der Waals surface area contributed by atoms with E-state index in [1.54, 1.807) is 0 Å². The Bertz CT molecular complexity index is 308. The van der Waals surface area contributed by atoms with Crippen molar-refractivity contribution in [1.82, 2.24) is 15.1 Å². The maximum absolute atomic E-state index is 3.76. The fourth-order valence-electron chi connectivity index (χ4n) is 4.29. The number of hydrogen-bond donors (Lipinski definition) is 1. The van der Waals surface area contributed by atoms with E-state index in [1.807, 2.05) is 0 Å². The highest BCUT2D eigenvalue weighted by Crippen LogP contribution is 2.32. The van der Waals surface area contributed by atoms with E-state index in [1.165, 1.54) is 77.5 Å². The summed E-state index contributed by atoms with van der Waals surface area (Å²) in [6, 6.07) is 3.26. The smallest absolute Gasteiger partial charge is 0.0195 e. The first-order chi connectivity index (χ1) is 10.2. The Labute approximate surface area is 131 Å². The maximum atomic E-state index is 3.76. The Kier molecular flexibility index (Phi) is 5.58. The van der Waals surface area contributed by atoms with Gasteiger partial charge in [0.1, 0.15) is 0 Å². The van der Waals surface area contributed by atoms with Crippen molar-refractivity contribution in [1.29, 1.82) is 0 Å². The summed E-state index contributed by atoms with van der Waals surface area (Å²) in [6.45, 7) is 9.89. The Morgan fingerprint density at radius 3 is 2.43 bits per heavy atom. The molecule has 21 heavy (non-hydrogen) atoms. The molecule has 3 fully saturated rings. The van der Waals surface area contributed by atoms with Crippen LogP contribution in [0, 0.1) is 0 Å². The van der Waals surface area contributed by atoms with E-state index in [9.17, 15) is 0 Å². The van der Waals surface area contributed by atoms with Gasteiger partial charge in [-0.2, -0.15) is 0 Å². The van der Waals surface area contributed by atoms with Gasteiger partial charge in [-0.1, -0.05) is 6.42 Å². The van der Waals surface area contributed by atoms with Gasteiger partial charge >= 0.3 is 0 Å². The van der Waals surface area contributed by atoms with Crippen molar-refractivity contribution >= 4 is 0 Å². The van der Waals surface area contributed by atoms with Crippen molar-refractivity contribution in [2.45, 2.75) is 89.4 Å². The molecule has 2 saturated heterocycles. The molecule has 2 heterocycles. The van der Waals surface area contributed by atoms with Crippen LogP contribution in [0.15, 0.2) is 0 Å². The average molecular weight is 293 g/mol. The van der Waals surface area contributed by atoms with Gasteiger partial charge in [0.2, 0.25) is 0 Å².